The molecule has 0 saturated carbocycles. The summed E-state index contributed by atoms with van der Waals surface area (Å²) in [7, 11) is 0. The highest BCUT2D eigenvalue weighted by atomic mass is 32.2. The van der Waals surface area contributed by atoms with E-state index in [2.05, 4.69) is 6.92 Å². The Kier molecular flexibility index (Phi) is 6.08. The maximum Gasteiger partial charge on any atom is 0.268 e. The van der Waals surface area contributed by atoms with E-state index in [9.17, 15) is 9.59 Å². The van der Waals surface area contributed by atoms with Crippen molar-refractivity contribution in [2.24, 2.45) is 0 Å². The molecule has 1 aromatic carbocycles. The zero-order chi connectivity index (χ0) is 19.5. The minimum absolute atomic E-state index is 0.00419. The Labute approximate surface area is 172 Å². The molecule has 0 bridgehead atoms. The first-order valence-electron chi connectivity index (χ1n) is 9.44. The number of carbonyl (C=O) groups excluding carboxylic acids is 1. The van der Waals surface area contributed by atoms with Crippen LogP contribution in [0.5, 0.6) is 0 Å². The van der Waals surface area contributed by atoms with E-state index in [-0.39, 0.29) is 17.2 Å². The van der Waals surface area contributed by atoms with E-state index in [1.54, 1.807) is 16.3 Å². The largest absolute Gasteiger partial charge is 0.378 e. The van der Waals surface area contributed by atoms with Crippen molar-refractivity contribution in [1.29, 1.82) is 0 Å². The number of aromatic nitrogens is 2. The Morgan fingerprint density at radius 1 is 1.29 bits per heavy atom. The molecule has 1 fully saturated rings. The van der Waals surface area contributed by atoms with Gasteiger partial charge in [0.2, 0.25) is 5.91 Å². The molecule has 0 spiro atoms. The number of ether oxygens (including phenoxy) is 1. The average Bonchev–Trinajstić information content (AvgIpc) is 3.10. The normalized spacial score (nSPS) is 18.9. The molecule has 0 radical (unpaired) electrons. The van der Waals surface area contributed by atoms with E-state index in [4.69, 9.17) is 9.72 Å². The van der Waals surface area contributed by atoms with Crippen LogP contribution in [-0.2, 0) is 22.5 Å². The summed E-state index contributed by atoms with van der Waals surface area (Å²) in [5.41, 5.74) is 1.92. The quantitative estimate of drug-likeness (QED) is 0.549. The summed E-state index contributed by atoms with van der Waals surface area (Å²) in [5.74, 6) is 0.347. The second kappa shape index (κ2) is 8.71. The van der Waals surface area contributed by atoms with Gasteiger partial charge in [-0.25, -0.2) is 4.98 Å². The molecule has 0 N–H and O–H groups in total. The van der Waals surface area contributed by atoms with Crippen LogP contribution in [0.3, 0.4) is 0 Å². The minimum atomic E-state index is 0.00419. The van der Waals surface area contributed by atoms with Gasteiger partial charge >= 0.3 is 0 Å². The van der Waals surface area contributed by atoms with Gasteiger partial charge in [-0.2, -0.15) is 0 Å². The molecular weight excluding hydrogens is 394 g/mol. The zero-order valence-corrected chi connectivity index (χ0v) is 17.4. The Balaban J connectivity index is 1.59. The first-order chi connectivity index (χ1) is 13.6. The number of benzene rings is 1. The third-order valence-electron chi connectivity index (χ3n) is 4.83. The van der Waals surface area contributed by atoms with E-state index < -0.39 is 0 Å². The lowest BCUT2D eigenvalue weighted by molar-refractivity contribution is -0.132. The molecule has 1 atom stereocenters. The maximum atomic E-state index is 13.2. The summed E-state index contributed by atoms with van der Waals surface area (Å²) in [6, 6.07) is 9.90. The van der Waals surface area contributed by atoms with Crippen molar-refractivity contribution in [1.82, 2.24) is 14.5 Å². The van der Waals surface area contributed by atoms with Gasteiger partial charge < -0.3 is 9.64 Å². The molecule has 6 nitrogen and oxygen atoms in total. The molecule has 1 saturated heterocycles. The summed E-state index contributed by atoms with van der Waals surface area (Å²) in [4.78, 5) is 33.1. The molecule has 8 heteroatoms. The molecule has 1 aromatic heterocycles. The van der Waals surface area contributed by atoms with Gasteiger partial charge in [-0.3, -0.25) is 14.2 Å². The van der Waals surface area contributed by atoms with Gasteiger partial charge in [0.15, 0.2) is 5.16 Å². The Morgan fingerprint density at radius 2 is 2.04 bits per heavy atom. The second-order valence-corrected chi connectivity index (χ2v) is 9.35. The van der Waals surface area contributed by atoms with Gasteiger partial charge in [0.05, 0.1) is 36.1 Å². The number of amides is 1. The van der Waals surface area contributed by atoms with Crippen molar-refractivity contribution < 1.29 is 9.53 Å². The van der Waals surface area contributed by atoms with Crippen LogP contribution in [0.4, 0.5) is 0 Å². The highest BCUT2D eigenvalue weighted by Gasteiger charge is 2.27. The van der Waals surface area contributed by atoms with Crippen molar-refractivity contribution in [3.8, 4) is 0 Å². The highest BCUT2D eigenvalue weighted by Crippen LogP contribution is 2.34. The molecule has 28 heavy (non-hydrogen) atoms. The van der Waals surface area contributed by atoms with Crippen molar-refractivity contribution in [2.45, 2.75) is 35.2 Å². The van der Waals surface area contributed by atoms with Gasteiger partial charge in [-0.05, 0) is 5.56 Å². The van der Waals surface area contributed by atoms with Gasteiger partial charge in [0.25, 0.3) is 5.56 Å². The number of hydrogen-bond donors (Lipinski definition) is 0. The smallest absolute Gasteiger partial charge is 0.268 e. The lowest BCUT2D eigenvalue weighted by Gasteiger charge is -2.26. The molecule has 0 aliphatic carbocycles. The van der Waals surface area contributed by atoms with Crippen LogP contribution in [0.1, 0.15) is 18.2 Å². The molecule has 2 aliphatic heterocycles. The number of nitrogens with zero attached hydrogens (tertiary/aromatic N) is 3. The summed E-state index contributed by atoms with van der Waals surface area (Å²) < 4.78 is 7.03. The van der Waals surface area contributed by atoms with Crippen LogP contribution in [0, 0.1) is 0 Å². The molecule has 1 amide bonds. The van der Waals surface area contributed by atoms with Crippen LogP contribution >= 0.6 is 23.5 Å². The Morgan fingerprint density at radius 3 is 2.79 bits per heavy atom. The van der Waals surface area contributed by atoms with Crippen molar-refractivity contribution in [2.75, 3.05) is 32.1 Å². The van der Waals surface area contributed by atoms with E-state index in [1.807, 2.05) is 35.2 Å². The third kappa shape index (κ3) is 4.29. The number of rotatable bonds is 5. The van der Waals surface area contributed by atoms with Crippen molar-refractivity contribution >= 4 is 29.4 Å². The van der Waals surface area contributed by atoms with Gasteiger partial charge in [-0.1, -0.05) is 49.0 Å². The fourth-order valence-corrected chi connectivity index (χ4v) is 5.41. The molecule has 148 valence electrons. The predicted molar refractivity (Wildman–Crippen MR) is 111 cm³/mol. The molecule has 0 unspecified atom stereocenters. The zero-order valence-electron chi connectivity index (χ0n) is 15.8. The summed E-state index contributed by atoms with van der Waals surface area (Å²) in [6.07, 6.45) is 0.798. The Bertz CT molecular complexity index is 911. The van der Waals surface area contributed by atoms with Gasteiger partial charge in [0.1, 0.15) is 0 Å². The van der Waals surface area contributed by atoms with E-state index >= 15 is 0 Å². The summed E-state index contributed by atoms with van der Waals surface area (Å²) in [5, 5.41) is 0.986. The number of hydrogen-bond acceptors (Lipinski definition) is 6. The maximum absolute atomic E-state index is 13.2. The summed E-state index contributed by atoms with van der Waals surface area (Å²) >= 11 is 2.96. The Hall–Kier alpha value is -1.77. The van der Waals surface area contributed by atoms with E-state index in [0.717, 1.165) is 22.6 Å². The standard InChI is InChI=1S/C20H23N3O3S2/c1-14-11-16-18(28-14)19(25)23(12-15-5-3-2-4-6-15)20(21-16)27-13-17(24)22-7-9-26-10-8-22/h2-6,14H,7-13H2,1H3/t14-/m1/s1. The van der Waals surface area contributed by atoms with Crippen LogP contribution in [0.15, 0.2) is 45.2 Å². The minimum Gasteiger partial charge on any atom is -0.378 e. The second-order valence-electron chi connectivity index (χ2n) is 6.96. The van der Waals surface area contributed by atoms with E-state index in [1.165, 1.54) is 11.8 Å². The van der Waals surface area contributed by atoms with Crippen LogP contribution < -0.4 is 5.56 Å². The first kappa shape index (κ1) is 19.5. The predicted octanol–water partition coefficient (Wildman–Crippen LogP) is 2.28. The van der Waals surface area contributed by atoms with Gasteiger partial charge in [0, 0.05) is 24.8 Å². The highest BCUT2D eigenvalue weighted by molar-refractivity contribution is 8.00. The first-order valence-corrected chi connectivity index (χ1v) is 11.3. The number of fused-ring (bicyclic) bond motifs is 1. The fraction of sp³-hybridized carbons (Fsp3) is 0.450. The van der Waals surface area contributed by atoms with E-state index in [0.29, 0.717) is 43.3 Å². The van der Waals surface area contributed by atoms with Gasteiger partial charge in [-0.15, -0.1) is 11.8 Å². The lowest BCUT2D eigenvalue weighted by atomic mass is 10.2. The number of thioether (sulfide) groups is 2. The van der Waals surface area contributed by atoms with Crippen molar-refractivity contribution in [3.63, 3.8) is 0 Å². The molecule has 3 heterocycles. The monoisotopic (exact) mass is 417 g/mol. The fourth-order valence-electron chi connectivity index (χ4n) is 3.38. The SMILES string of the molecule is C[C@@H]1Cc2nc(SCC(=O)N3CCOCC3)n(Cc3ccccc3)c(=O)c2S1. The molecule has 4 rings (SSSR count). The number of carbonyl (C=O) groups is 1. The molecule has 2 aliphatic rings. The molecule has 2 aromatic rings. The average molecular weight is 418 g/mol. The third-order valence-corrected chi connectivity index (χ3v) is 7.01. The summed E-state index contributed by atoms with van der Waals surface area (Å²) in [6.45, 7) is 5.00. The van der Waals surface area contributed by atoms with Crippen LogP contribution in [0.25, 0.3) is 0 Å². The lowest BCUT2D eigenvalue weighted by Crippen LogP contribution is -2.41. The number of morpholine rings is 1. The van der Waals surface area contributed by atoms with Crippen molar-refractivity contribution in [3.05, 3.63) is 51.9 Å². The van der Waals surface area contributed by atoms with Crippen LogP contribution in [0.2, 0.25) is 0 Å². The van der Waals surface area contributed by atoms with Crippen LogP contribution in [-0.4, -0.2) is 57.7 Å². The molecular formula is C20H23N3O3S2. The topological polar surface area (TPSA) is 64.4 Å².